The Morgan fingerprint density at radius 2 is 1.75 bits per heavy atom. The highest BCUT2D eigenvalue weighted by Crippen LogP contribution is 2.42. The summed E-state index contributed by atoms with van der Waals surface area (Å²) in [5, 5.41) is 11.1. The summed E-state index contributed by atoms with van der Waals surface area (Å²) in [7, 11) is 0. The molecule has 1 N–H and O–H groups in total. The quantitative estimate of drug-likeness (QED) is 0.399. The third-order valence-electron chi connectivity index (χ3n) is 5.49. The van der Waals surface area contributed by atoms with Crippen molar-refractivity contribution in [1.29, 1.82) is 0 Å². The molecule has 0 radical (unpaired) electrons. The number of nitrogens with zero attached hydrogens (tertiary/aromatic N) is 1. The number of amides is 1. The number of ketones is 1. The molecule has 1 amide bonds. The lowest BCUT2D eigenvalue weighted by Gasteiger charge is -2.26. The van der Waals surface area contributed by atoms with Gasteiger partial charge in [-0.3, -0.25) is 9.59 Å². The molecule has 2 aliphatic heterocycles. The van der Waals surface area contributed by atoms with E-state index in [1.165, 1.54) is 4.90 Å². The largest absolute Gasteiger partial charge is 0.507 e. The van der Waals surface area contributed by atoms with Gasteiger partial charge in [-0.1, -0.05) is 19.9 Å². The monoisotopic (exact) mass is 437 g/mol. The van der Waals surface area contributed by atoms with Crippen LogP contribution in [-0.2, 0) is 9.59 Å². The van der Waals surface area contributed by atoms with Crippen molar-refractivity contribution in [3.8, 4) is 17.2 Å². The molecule has 1 saturated heterocycles. The molecule has 0 aromatic heterocycles. The van der Waals surface area contributed by atoms with Crippen molar-refractivity contribution < 1.29 is 28.9 Å². The lowest BCUT2D eigenvalue weighted by Crippen LogP contribution is -2.30. The normalized spacial score (nSPS) is 19.3. The topological polar surface area (TPSA) is 85.3 Å². The van der Waals surface area contributed by atoms with E-state index in [9.17, 15) is 14.7 Å². The Morgan fingerprint density at radius 1 is 1.03 bits per heavy atom. The first kappa shape index (κ1) is 21.7. The highest BCUT2D eigenvalue weighted by molar-refractivity contribution is 6.46. The van der Waals surface area contributed by atoms with E-state index < -0.39 is 17.7 Å². The molecule has 1 fully saturated rings. The maximum atomic E-state index is 13.0. The number of Topliss-reactive ketones (excluding diaryl/α,β-unsaturated/α-hetero) is 1. The van der Waals surface area contributed by atoms with Crippen LogP contribution in [-0.4, -0.2) is 48.1 Å². The van der Waals surface area contributed by atoms with Crippen molar-refractivity contribution in [2.75, 3.05) is 26.4 Å². The number of fused-ring (bicyclic) bond motifs is 1. The molecule has 2 aliphatic rings. The average molecular weight is 437 g/mol. The summed E-state index contributed by atoms with van der Waals surface area (Å²) < 4.78 is 16.9. The second-order valence-electron chi connectivity index (χ2n) is 7.77. The molecule has 168 valence electrons. The van der Waals surface area contributed by atoms with E-state index in [0.717, 1.165) is 6.42 Å². The van der Waals surface area contributed by atoms with E-state index in [0.29, 0.717) is 61.2 Å². The standard InChI is InChI=1S/C25H27NO6/c1-3-11-26-22(17-7-10-19-20(15-17)32-14-13-31-19)21(24(28)25(26)29)23(27)16-5-8-18(9-6-16)30-12-4-2/h5-10,15,22,27H,3-4,11-14H2,1-2H3/b23-21-. The van der Waals surface area contributed by atoms with Crippen LogP contribution in [0.5, 0.6) is 17.2 Å². The van der Waals surface area contributed by atoms with Gasteiger partial charge in [-0.2, -0.15) is 0 Å². The Hall–Kier alpha value is -3.48. The third kappa shape index (κ3) is 4.02. The number of hydrogen-bond acceptors (Lipinski definition) is 6. The first-order chi connectivity index (χ1) is 15.5. The minimum absolute atomic E-state index is 0.0716. The molecule has 0 saturated carbocycles. The van der Waals surface area contributed by atoms with Gasteiger partial charge in [0.15, 0.2) is 11.5 Å². The zero-order chi connectivity index (χ0) is 22.7. The van der Waals surface area contributed by atoms with Gasteiger partial charge >= 0.3 is 0 Å². The molecule has 0 aliphatic carbocycles. The van der Waals surface area contributed by atoms with Gasteiger partial charge in [-0.15, -0.1) is 0 Å². The number of ether oxygens (including phenoxy) is 3. The predicted octanol–water partition coefficient (Wildman–Crippen LogP) is 4.08. The Morgan fingerprint density at radius 3 is 2.44 bits per heavy atom. The zero-order valence-corrected chi connectivity index (χ0v) is 18.3. The molecule has 7 heteroatoms. The van der Waals surface area contributed by atoms with Crippen molar-refractivity contribution in [3.63, 3.8) is 0 Å². The van der Waals surface area contributed by atoms with Crippen LogP contribution in [0.25, 0.3) is 5.76 Å². The van der Waals surface area contributed by atoms with Crippen LogP contribution in [0.15, 0.2) is 48.0 Å². The van der Waals surface area contributed by atoms with Gasteiger partial charge < -0.3 is 24.2 Å². The van der Waals surface area contributed by atoms with Crippen LogP contribution in [0, 0.1) is 0 Å². The second kappa shape index (κ2) is 9.34. The molecule has 0 spiro atoms. The van der Waals surface area contributed by atoms with Gasteiger partial charge in [0.1, 0.15) is 24.7 Å². The SMILES string of the molecule is CCCOc1ccc(/C(O)=C2/C(=O)C(=O)N(CCC)C2c2ccc3c(c2)OCCO3)cc1. The van der Waals surface area contributed by atoms with Crippen molar-refractivity contribution in [1.82, 2.24) is 4.90 Å². The minimum atomic E-state index is -0.707. The Bertz CT molecular complexity index is 1040. The minimum Gasteiger partial charge on any atom is -0.507 e. The van der Waals surface area contributed by atoms with E-state index in [1.807, 2.05) is 19.9 Å². The maximum Gasteiger partial charge on any atom is 0.295 e. The fourth-order valence-corrected chi connectivity index (χ4v) is 4.01. The molecule has 2 aromatic carbocycles. The first-order valence-electron chi connectivity index (χ1n) is 11.0. The number of carbonyl (C=O) groups is 2. The Balaban J connectivity index is 1.77. The molecule has 0 bridgehead atoms. The molecule has 1 atom stereocenters. The zero-order valence-electron chi connectivity index (χ0n) is 18.3. The Kier molecular flexibility index (Phi) is 6.35. The molecular formula is C25H27NO6. The molecule has 7 nitrogen and oxygen atoms in total. The van der Waals surface area contributed by atoms with E-state index in [4.69, 9.17) is 14.2 Å². The van der Waals surface area contributed by atoms with Crippen molar-refractivity contribution in [2.24, 2.45) is 0 Å². The van der Waals surface area contributed by atoms with Crippen molar-refractivity contribution >= 4 is 17.4 Å². The summed E-state index contributed by atoms with van der Waals surface area (Å²) in [5.74, 6) is 0.351. The highest BCUT2D eigenvalue weighted by Gasteiger charge is 2.46. The predicted molar refractivity (Wildman–Crippen MR) is 119 cm³/mol. The van der Waals surface area contributed by atoms with E-state index in [1.54, 1.807) is 36.4 Å². The van der Waals surface area contributed by atoms with Crippen LogP contribution in [0.2, 0.25) is 0 Å². The molecule has 1 unspecified atom stereocenters. The van der Waals surface area contributed by atoms with E-state index >= 15 is 0 Å². The fraction of sp³-hybridized carbons (Fsp3) is 0.360. The van der Waals surface area contributed by atoms with Gasteiger partial charge in [-0.05, 0) is 54.8 Å². The van der Waals surface area contributed by atoms with Gasteiger partial charge in [0.05, 0.1) is 18.2 Å². The van der Waals surface area contributed by atoms with Crippen molar-refractivity contribution in [3.05, 3.63) is 59.2 Å². The van der Waals surface area contributed by atoms with Crippen molar-refractivity contribution in [2.45, 2.75) is 32.7 Å². The highest BCUT2D eigenvalue weighted by atomic mass is 16.6. The van der Waals surface area contributed by atoms with Gasteiger partial charge in [0.25, 0.3) is 11.7 Å². The average Bonchev–Trinajstić information content (AvgIpc) is 3.07. The summed E-state index contributed by atoms with van der Waals surface area (Å²) in [6, 6.07) is 11.5. The van der Waals surface area contributed by atoms with E-state index in [2.05, 4.69) is 0 Å². The van der Waals surface area contributed by atoms with Crippen LogP contribution < -0.4 is 14.2 Å². The lowest BCUT2D eigenvalue weighted by molar-refractivity contribution is -0.139. The number of rotatable bonds is 7. The fourth-order valence-electron chi connectivity index (χ4n) is 4.01. The first-order valence-corrected chi connectivity index (χ1v) is 11.0. The second-order valence-corrected chi connectivity index (χ2v) is 7.77. The van der Waals surface area contributed by atoms with Gasteiger partial charge in [0, 0.05) is 12.1 Å². The summed E-state index contributed by atoms with van der Waals surface area (Å²) in [5.41, 5.74) is 1.21. The van der Waals surface area contributed by atoms with E-state index in [-0.39, 0.29) is 11.3 Å². The summed E-state index contributed by atoms with van der Waals surface area (Å²) in [6.45, 7) is 5.85. The van der Waals surface area contributed by atoms with Crippen LogP contribution >= 0.6 is 0 Å². The number of benzene rings is 2. The van der Waals surface area contributed by atoms with Gasteiger partial charge in [0.2, 0.25) is 0 Å². The molecule has 2 heterocycles. The third-order valence-corrected chi connectivity index (χ3v) is 5.49. The van der Waals surface area contributed by atoms with Gasteiger partial charge in [-0.25, -0.2) is 0 Å². The Labute approximate surface area is 187 Å². The number of hydrogen-bond donors (Lipinski definition) is 1. The smallest absolute Gasteiger partial charge is 0.295 e. The number of aliphatic hydroxyl groups excluding tert-OH is 1. The van der Waals surface area contributed by atoms with Crippen LogP contribution in [0.1, 0.15) is 43.9 Å². The molecule has 2 aromatic rings. The van der Waals surface area contributed by atoms with Crippen LogP contribution in [0.3, 0.4) is 0 Å². The summed E-state index contributed by atoms with van der Waals surface area (Å²) in [6.07, 6.45) is 1.57. The number of carbonyl (C=O) groups excluding carboxylic acids is 2. The molecular weight excluding hydrogens is 410 g/mol. The summed E-state index contributed by atoms with van der Waals surface area (Å²) >= 11 is 0. The number of likely N-dealkylation sites (tertiary alicyclic amines) is 1. The lowest BCUT2D eigenvalue weighted by atomic mass is 9.95. The molecule has 4 rings (SSSR count). The summed E-state index contributed by atoms with van der Waals surface area (Å²) in [4.78, 5) is 27.3. The van der Waals surface area contributed by atoms with Crippen LogP contribution in [0.4, 0.5) is 0 Å². The maximum absolute atomic E-state index is 13.0. The number of aliphatic hydroxyl groups is 1. The molecule has 32 heavy (non-hydrogen) atoms.